The van der Waals surface area contributed by atoms with Crippen molar-refractivity contribution in [3.63, 3.8) is 0 Å². The second-order valence-electron chi connectivity index (χ2n) is 7.73. The molecule has 2 saturated carbocycles. The van der Waals surface area contributed by atoms with Crippen LogP contribution in [0.1, 0.15) is 76.8 Å². The Hall–Kier alpha value is -1.69. The van der Waals surface area contributed by atoms with E-state index in [0.717, 1.165) is 0 Å². The second-order valence-corrected chi connectivity index (χ2v) is 8.59. The van der Waals surface area contributed by atoms with Gasteiger partial charge >= 0.3 is 5.97 Å². The summed E-state index contributed by atoms with van der Waals surface area (Å²) in [4.78, 5) is 27.9. The zero-order chi connectivity index (χ0) is 19.1. The average molecular weight is 391 g/mol. The third-order valence-corrected chi connectivity index (χ3v) is 6.46. The van der Waals surface area contributed by atoms with Crippen LogP contribution < -0.4 is 5.32 Å². The van der Waals surface area contributed by atoms with Gasteiger partial charge in [0.2, 0.25) is 5.91 Å². The first-order chi connectivity index (χ1) is 13.1. The molecule has 148 valence electrons. The van der Waals surface area contributed by atoms with Gasteiger partial charge in [-0.1, -0.05) is 44.1 Å². The summed E-state index contributed by atoms with van der Waals surface area (Å²) in [5.74, 6) is 0.738. The summed E-state index contributed by atoms with van der Waals surface area (Å²) in [6.45, 7) is 1.52. The molecule has 0 aromatic carbocycles. The summed E-state index contributed by atoms with van der Waals surface area (Å²) in [5.41, 5.74) is 2.04. The van der Waals surface area contributed by atoms with Crippen molar-refractivity contribution in [3.05, 3.63) is 22.7 Å². The fourth-order valence-electron chi connectivity index (χ4n) is 4.34. The summed E-state index contributed by atoms with van der Waals surface area (Å²) >= 11 is 1.36. The number of rotatable bonds is 6. The maximum absolute atomic E-state index is 12.7. The number of allylic oxidation sites excluding steroid dienone is 1. The first kappa shape index (κ1) is 20.1. The highest BCUT2D eigenvalue weighted by molar-refractivity contribution is 7.13. The molecule has 1 heterocycles. The zero-order valence-corrected chi connectivity index (χ0v) is 17.0. The first-order valence-electron chi connectivity index (χ1n) is 10.2. The Kier molecular flexibility index (Phi) is 7.44. The van der Waals surface area contributed by atoms with Crippen LogP contribution in [0, 0.1) is 11.8 Å². The molecule has 2 aliphatic rings. The lowest BCUT2D eigenvalue weighted by Gasteiger charge is -2.32. The van der Waals surface area contributed by atoms with Crippen LogP contribution >= 0.6 is 11.3 Å². The van der Waals surface area contributed by atoms with Crippen molar-refractivity contribution in [1.82, 2.24) is 4.98 Å². The molecule has 27 heavy (non-hydrogen) atoms. The van der Waals surface area contributed by atoms with E-state index < -0.39 is 0 Å². The lowest BCUT2D eigenvalue weighted by atomic mass is 9.73. The van der Waals surface area contributed by atoms with Gasteiger partial charge in [0, 0.05) is 18.4 Å². The highest BCUT2D eigenvalue weighted by Crippen LogP contribution is 2.39. The van der Waals surface area contributed by atoms with Gasteiger partial charge in [0.25, 0.3) is 0 Å². The molecule has 5 nitrogen and oxygen atoms in total. The third kappa shape index (κ3) is 6.16. The zero-order valence-electron chi connectivity index (χ0n) is 16.2. The van der Waals surface area contributed by atoms with Crippen molar-refractivity contribution in [1.29, 1.82) is 0 Å². The van der Waals surface area contributed by atoms with Crippen LogP contribution in [0.15, 0.2) is 17.0 Å². The molecular formula is C21H30N2O3S. The van der Waals surface area contributed by atoms with Crippen molar-refractivity contribution in [2.45, 2.75) is 77.7 Å². The van der Waals surface area contributed by atoms with Gasteiger partial charge < -0.3 is 4.74 Å². The predicted octanol–water partition coefficient (Wildman–Crippen LogP) is 5.23. The van der Waals surface area contributed by atoms with Gasteiger partial charge in [-0.05, 0) is 37.5 Å². The summed E-state index contributed by atoms with van der Waals surface area (Å²) in [7, 11) is 0. The number of ether oxygens (including phenoxy) is 1. The van der Waals surface area contributed by atoms with Crippen molar-refractivity contribution >= 4 is 28.3 Å². The number of esters is 1. The standard InChI is InChI=1S/C21H30N2O3S/c1-15(24)26-13-18-14-27-21(22-18)23-20(25)12-19(16-8-4-2-5-9-16)17-10-6-3-7-11-17/h12,14,16-17H,2-11,13H2,1H3,(H,22,23,25). The summed E-state index contributed by atoms with van der Waals surface area (Å²) in [6, 6.07) is 0. The normalized spacial score (nSPS) is 18.7. The highest BCUT2D eigenvalue weighted by atomic mass is 32.1. The SMILES string of the molecule is CC(=O)OCc1csc(NC(=O)C=C(C2CCCCC2)C2CCCCC2)n1. The Morgan fingerprint density at radius 3 is 2.26 bits per heavy atom. The van der Waals surface area contributed by atoms with E-state index in [1.165, 1.54) is 88.0 Å². The maximum Gasteiger partial charge on any atom is 0.303 e. The Morgan fingerprint density at radius 2 is 1.70 bits per heavy atom. The van der Waals surface area contributed by atoms with Crippen LogP contribution in [0.5, 0.6) is 0 Å². The first-order valence-corrected chi connectivity index (χ1v) is 11.1. The van der Waals surface area contributed by atoms with Crippen molar-refractivity contribution in [3.8, 4) is 0 Å². The number of amides is 1. The number of thiazole rings is 1. The topological polar surface area (TPSA) is 68.3 Å². The largest absolute Gasteiger partial charge is 0.459 e. The quantitative estimate of drug-likeness (QED) is 0.533. The molecule has 0 aliphatic heterocycles. The number of nitrogens with zero attached hydrogens (tertiary/aromatic N) is 1. The Labute approximate surface area is 165 Å². The fraction of sp³-hybridized carbons (Fsp3) is 0.667. The lowest BCUT2D eigenvalue weighted by molar-refractivity contribution is -0.142. The molecule has 1 N–H and O–H groups in total. The molecule has 2 aliphatic carbocycles. The van der Waals surface area contributed by atoms with E-state index in [-0.39, 0.29) is 18.5 Å². The molecule has 0 spiro atoms. The van der Waals surface area contributed by atoms with E-state index in [1.807, 2.05) is 11.5 Å². The minimum atomic E-state index is -0.332. The fourth-order valence-corrected chi connectivity index (χ4v) is 5.04. The van der Waals surface area contributed by atoms with Crippen molar-refractivity contribution in [2.24, 2.45) is 11.8 Å². The number of nitrogens with one attached hydrogen (secondary N) is 1. The molecule has 6 heteroatoms. The van der Waals surface area contributed by atoms with Crippen LogP contribution in [0.3, 0.4) is 0 Å². The molecule has 0 saturated heterocycles. The Morgan fingerprint density at radius 1 is 1.11 bits per heavy atom. The molecule has 1 aromatic rings. The van der Waals surface area contributed by atoms with Crippen molar-refractivity contribution < 1.29 is 14.3 Å². The number of carbonyl (C=O) groups is 2. The highest BCUT2D eigenvalue weighted by Gasteiger charge is 2.26. The minimum absolute atomic E-state index is 0.0745. The van der Waals surface area contributed by atoms with Gasteiger partial charge in [-0.2, -0.15) is 0 Å². The monoisotopic (exact) mass is 390 g/mol. The van der Waals surface area contributed by atoms with Crippen LogP contribution in [0.25, 0.3) is 0 Å². The van der Waals surface area contributed by atoms with Crippen LogP contribution in [0.2, 0.25) is 0 Å². The number of hydrogen-bond acceptors (Lipinski definition) is 5. The van der Waals surface area contributed by atoms with E-state index in [0.29, 0.717) is 22.7 Å². The predicted molar refractivity (Wildman–Crippen MR) is 107 cm³/mol. The van der Waals surface area contributed by atoms with Crippen LogP contribution in [0.4, 0.5) is 5.13 Å². The van der Waals surface area contributed by atoms with E-state index in [2.05, 4.69) is 10.3 Å². The maximum atomic E-state index is 12.7. The number of hydrogen-bond donors (Lipinski definition) is 1. The lowest BCUT2D eigenvalue weighted by Crippen LogP contribution is -2.21. The van der Waals surface area contributed by atoms with Crippen LogP contribution in [-0.2, 0) is 20.9 Å². The number of aromatic nitrogens is 1. The van der Waals surface area contributed by atoms with Gasteiger partial charge in [-0.3, -0.25) is 14.9 Å². The third-order valence-electron chi connectivity index (χ3n) is 5.66. The van der Waals surface area contributed by atoms with E-state index >= 15 is 0 Å². The van der Waals surface area contributed by atoms with Gasteiger partial charge in [-0.25, -0.2) is 4.98 Å². The summed E-state index contributed by atoms with van der Waals surface area (Å²) < 4.78 is 4.95. The smallest absolute Gasteiger partial charge is 0.303 e. The minimum Gasteiger partial charge on any atom is -0.459 e. The molecule has 1 aromatic heterocycles. The van der Waals surface area contributed by atoms with E-state index in [9.17, 15) is 9.59 Å². The number of carbonyl (C=O) groups excluding carboxylic acids is 2. The Balaban J connectivity index is 1.66. The molecule has 3 rings (SSSR count). The van der Waals surface area contributed by atoms with Gasteiger partial charge in [0.15, 0.2) is 5.13 Å². The molecular weight excluding hydrogens is 360 g/mol. The van der Waals surface area contributed by atoms with Crippen LogP contribution in [-0.4, -0.2) is 16.9 Å². The van der Waals surface area contributed by atoms with Gasteiger partial charge in [0.1, 0.15) is 6.61 Å². The van der Waals surface area contributed by atoms with E-state index in [4.69, 9.17) is 4.74 Å². The molecule has 0 unspecified atom stereocenters. The number of anilines is 1. The van der Waals surface area contributed by atoms with Crippen molar-refractivity contribution in [2.75, 3.05) is 5.32 Å². The second kappa shape index (κ2) is 10.0. The van der Waals surface area contributed by atoms with Gasteiger partial charge in [0.05, 0.1) is 5.69 Å². The molecule has 2 fully saturated rings. The summed E-state index contributed by atoms with van der Waals surface area (Å²) in [5, 5.41) is 5.28. The molecule has 0 atom stereocenters. The molecule has 0 bridgehead atoms. The average Bonchev–Trinajstić information content (AvgIpc) is 3.13. The molecule has 0 radical (unpaired) electrons. The van der Waals surface area contributed by atoms with Gasteiger partial charge in [-0.15, -0.1) is 11.3 Å². The van der Waals surface area contributed by atoms with E-state index in [1.54, 1.807) is 0 Å². The Bertz CT molecular complexity index is 651. The molecule has 1 amide bonds. The summed E-state index contributed by atoms with van der Waals surface area (Å²) in [6.07, 6.45) is 14.5.